The molecule has 2 rings (SSSR count). The second-order valence-corrected chi connectivity index (χ2v) is 6.10. The van der Waals surface area contributed by atoms with Gasteiger partial charge in [0, 0.05) is 18.9 Å². The van der Waals surface area contributed by atoms with E-state index in [1.54, 1.807) is 6.92 Å². The van der Waals surface area contributed by atoms with Crippen molar-refractivity contribution in [3.63, 3.8) is 0 Å². The Balaban J connectivity index is 2.35. The Labute approximate surface area is 95.2 Å². The number of piperidine rings is 1. The van der Waals surface area contributed by atoms with Crippen LogP contribution in [0, 0.1) is 6.92 Å². The quantitative estimate of drug-likeness (QED) is 0.807. The summed E-state index contributed by atoms with van der Waals surface area (Å²) in [4.78, 5) is 7.93. The van der Waals surface area contributed by atoms with Gasteiger partial charge < -0.3 is 5.32 Å². The molecule has 1 aromatic heterocycles. The normalized spacial score (nSPS) is 21.9. The number of aromatic nitrogens is 2. The van der Waals surface area contributed by atoms with E-state index < -0.39 is 9.84 Å². The molecule has 1 aromatic rings. The van der Waals surface area contributed by atoms with Crippen LogP contribution in [0.4, 0.5) is 0 Å². The third-order valence-corrected chi connectivity index (χ3v) is 5.02. The molecule has 0 aliphatic carbocycles. The molecule has 1 fully saturated rings. The maximum absolute atomic E-state index is 12.3. The van der Waals surface area contributed by atoms with Crippen molar-refractivity contribution in [3.05, 3.63) is 18.1 Å². The fraction of sp³-hybridized carbons (Fsp3) is 0.600. The number of nitrogens with one attached hydrogen (secondary N) is 1. The summed E-state index contributed by atoms with van der Waals surface area (Å²) in [5, 5.41) is 2.87. The van der Waals surface area contributed by atoms with Crippen LogP contribution >= 0.6 is 0 Å². The largest absolute Gasteiger partial charge is 0.315 e. The van der Waals surface area contributed by atoms with Crippen LogP contribution in [0.5, 0.6) is 0 Å². The summed E-state index contributed by atoms with van der Waals surface area (Å²) >= 11 is 0. The molecule has 0 amide bonds. The van der Waals surface area contributed by atoms with Gasteiger partial charge in [0.2, 0.25) is 9.84 Å². The molecular formula is C10H15N3O2S. The van der Waals surface area contributed by atoms with E-state index in [9.17, 15) is 8.42 Å². The van der Waals surface area contributed by atoms with Crippen molar-refractivity contribution in [3.8, 4) is 0 Å². The van der Waals surface area contributed by atoms with Gasteiger partial charge >= 0.3 is 0 Å². The van der Waals surface area contributed by atoms with Gasteiger partial charge in [0.15, 0.2) is 5.03 Å². The highest BCUT2D eigenvalue weighted by molar-refractivity contribution is 7.92. The van der Waals surface area contributed by atoms with E-state index in [0.717, 1.165) is 13.0 Å². The lowest BCUT2D eigenvalue weighted by atomic mass is 10.2. The van der Waals surface area contributed by atoms with Gasteiger partial charge in [-0.1, -0.05) is 0 Å². The standard InChI is InChI=1S/C10H15N3O2S/c1-8-10(13-6-5-12-8)16(14,15)9-3-2-4-11-7-9/h5-6,9,11H,2-4,7H2,1H3/t9-/m0/s1. The van der Waals surface area contributed by atoms with Crippen LogP contribution in [-0.2, 0) is 9.84 Å². The summed E-state index contributed by atoms with van der Waals surface area (Å²) < 4.78 is 24.5. The molecule has 1 saturated heterocycles. The minimum atomic E-state index is -3.33. The van der Waals surface area contributed by atoms with Crippen molar-refractivity contribution >= 4 is 9.84 Å². The summed E-state index contributed by atoms with van der Waals surface area (Å²) in [6.45, 7) is 3.08. The molecule has 16 heavy (non-hydrogen) atoms. The highest BCUT2D eigenvalue weighted by Crippen LogP contribution is 2.20. The monoisotopic (exact) mass is 241 g/mol. The molecule has 0 radical (unpaired) electrons. The van der Waals surface area contributed by atoms with Crippen molar-refractivity contribution in [2.45, 2.75) is 30.0 Å². The highest BCUT2D eigenvalue weighted by atomic mass is 32.2. The zero-order valence-corrected chi connectivity index (χ0v) is 10.00. The number of hydrogen-bond donors (Lipinski definition) is 1. The SMILES string of the molecule is Cc1nccnc1S(=O)(=O)[C@H]1CCCNC1. The summed E-state index contributed by atoms with van der Waals surface area (Å²) in [6.07, 6.45) is 4.53. The summed E-state index contributed by atoms with van der Waals surface area (Å²) in [5.74, 6) is 0. The van der Waals surface area contributed by atoms with E-state index in [4.69, 9.17) is 0 Å². The summed E-state index contributed by atoms with van der Waals surface area (Å²) in [7, 11) is -3.33. The van der Waals surface area contributed by atoms with Gasteiger partial charge in [0.05, 0.1) is 10.9 Å². The van der Waals surface area contributed by atoms with Crippen LogP contribution in [0.15, 0.2) is 17.4 Å². The second-order valence-electron chi connectivity index (χ2n) is 3.96. The first-order valence-corrected chi connectivity index (χ1v) is 6.89. The average molecular weight is 241 g/mol. The Bertz CT molecular complexity index is 467. The zero-order chi connectivity index (χ0) is 11.6. The maximum atomic E-state index is 12.3. The van der Waals surface area contributed by atoms with E-state index in [-0.39, 0.29) is 10.3 Å². The van der Waals surface area contributed by atoms with Gasteiger partial charge in [0.25, 0.3) is 0 Å². The summed E-state index contributed by atoms with van der Waals surface area (Å²) in [5.41, 5.74) is 0.480. The first-order valence-electron chi connectivity index (χ1n) is 5.34. The molecule has 0 unspecified atom stereocenters. The molecule has 5 nitrogen and oxygen atoms in total. The van der Waals surface area contributed by atoms with Gasteiger partial charge in [-0.25, -0.2) is 13.4 Å². The van der Waals surface area contributed by atoms with E-state index in [0.29, 0.717) is 18.7 Å². The second kappa shape index (κ2) is 4.47. The Kier molecular flexibility index (Phi) is 3.20. The van der Waals surface area contributed by atoms with Crippen LogP contribution in [0.2, 0.25) is 0 Å². The molecule has 0 spiro atoms. The topological polar surface area (TPSA) is 72.0 Å². The number of hydrogen-bond acceptors (Lipinski definition) is 5. The Morgan fingerprint density at radius 2 is 2.12 bits per heavy atom. The molecular weight excluding hydrogens is 226 g/mol. The molecule has 0 saturated carbocycles. The first-order chi connectivity index (χ1) is 7.62. The highest BCUT2D eigenvalue weighted by Gasteiger charge is 2.31. The predicted octanol–water partition coefficient (Wildman–Crippen LogP) is 0.311. The van der Waals surface area contributed by atoms with E-state index in [1.165, 1.54) is 12.4 Å². The molecule has 1 atom stereocenters. The molecule has 0 aromatic carbocycles. The number of nitrogens with zero attached hydrogens (tertiary/aromatic N) is 2. The zero-order valence-electron chi connectivity index (χ0n) is 9.18. The van der Waals surface area contributed by atoms with Crippen LogP contribution in [-0.4, -0.2) is 36.7 Å². The van der Waals surface area contributed by atoms with Crippen LogP contribution < -0.4 is 5.32 Å². The van der Waals surface area contributed by atoms with Crippen molar-refractivity contribution in [2.75, 3.05) is 13.1 Å². The lowest BCUT2D eigenvalue weighted by molar-refractivity contribution is 0.494. The Morgan fingerprint density at radius 1 is 1.38 bits per heavy atom. The fourth-order valence-electron chi connectivity index (χ4n) is 1.92. The van der Waals surface area contributed by atoms with Crippen LogP contribution in [0.25, 0.3) is 0 Å². The van der Waals surface area contributed by atoms with E-state index >= 15 is 0 Å². The number of rotatable bonds is 2. The molecule has 88 valence electrons. The van der Waals surface area contributed by atoms with Gasteiger partial charge in [0.1, 0.15) is 0 Å². The lowest BCUT2D eigenvalue weighted by Gasteiger charge is -2.22. The van der Waals surface area contributed by atoms with Crippen molar-refractivity contribution in [2.24, 2.45) is 0 Å². The molecule has 1 N–H and O–H groups in total. The van der Waals surface area contributed by atoms with Crippen molar-refractivity contribution < 1.29 is 8.42 Å². The van der Waals surface area contributed by atoms with Gasteiger partial charge in [-0.2, -0.15) is 0 Å². The smallest absolute Gasteiger partial charge is 0.201 e. The molecule has 1 aliphatic rings. The minimum absolute atomic E-state index is 0.128. The summed E-state index contributed by atoms with van der Waals surface area (Å²) in [6, 6.07) is 0. The molecule has 2 heterocycles. The van der Waals surface area contributed by atoms with Crippen molar-refractivity contribution in [1.29, 1.82) is 0 Å². The Hall–Kier alpha value is -1.01. The van der Waals surface area contributed by atoms with Crippen molar-refractivity contribution in [1.82, 2.24) is 15.3 Å². The Morgan fingerprint density at radius 3 is 2.75 bits per heavy atom. The maximum Gasteiger partial charge on any atom is 0.201 e. The molecule has 1 aliphatic heterocycles. The number of aryl methyl sites for hydroxylation is 1. The third-order valence-electron chi connectivity index (χ3n) is 2.80. The fourth-order valence-corrected chi connectivity index (χ4v) is 3.72. The van der Waals surface area contributed by atoms with E-state index in [2.05, 4.69) is 15.3 Å². The predicted molar refractivity (Wildman–Crippen MR) is 59.8 cm³/mol. The molecule has 6 heteroatoms. The number of sulfone groups is 1. The van der Waals surface area contributed by atoms with Gasteiger partial charge in [-0.15, -0.1) is 0 Å². The third kappa shape index (κ3) is 2.08. The first kappa shape index (κ1) is 11.5. The lowest BCUT2D eigenvalue weighted by Crippen LogP contribution is -2.39. The average Bonchev–Trinajstić information content (AvgIpc) is 2.30. The van der Waals surface area contributed by atoms with Crippen LogP contribution in [0.1, 0.15) is 18.5 Å². The molecule has 0 bridgehead atoms. The van der Waals surface area contributed by atoms with E-state index in [1.807, 2.05) is 0 Å². The van der Waals surface area contributed by atoms with Gasteiger partial charge in [-0.3, -0.25) is 4.98 Å². The minimum Gasteiger partial charge on any atom is -0.315 e. The van der Waals surface area contributed by atoms with Crippen LogP contribution in [0.3, 0.4) is 0 Å². The van der Waals surface area contributed by atoms with Gasteiger partial charge in [-0.05, 0) is 26.3 Å².